The van der Waals surface area contributed by atoms with Crippen LogP contribution in [0.2, 0.25) is 5.02 Å². The molecule has 0 bridgehead atoms. The number of nitrogens with zero attached hydrogens (tertiary/aromatic N) is 1. The number of carbonyl (C=O) groups is 1. The lowest BCUT2D eigenvalue weighted by atomic mass is 9.95. The van der Waals surface area contributed by atoms with Crippen molar-refractivity contribution in [3.05, 3.63) is 44.5 Å². The molecular weight excluding hydrogens is 334 g/mol. The van der Waals surface area contributed by atoms with Gasteiger partial charge < -0.3 is 9.29 Å². The molecule has 0 saturated carbocycles. The Labute approximate surface area is 135 Å². The Morgan fingerprint density at radius 3 is 2.73 bits per heavy atom. The summed E-state index contributed by atoms with van der Waals surface area (Å²) in [5.41, 5.74) is 0.976. The average Bonchev–Trinajstić information content (AvgIpc) is 2.39. The number of nitro groups is 1. The molecule has 0 radical (unpaired) electrons. The maximum Gasteiger partial charge on any atom is 0.306 e. The van der Waals surface area contributed by atoms with Crippen LogP contribution in [0.1, 0.15) is 30.4 Å². The van der Waals surface area contributed by atoms with Crippen LogP contribution in [0.25, 0.3) is 0 Å². The quantitative estimate of drug-likeness (QED) is 0.334. The van der Waals surface area contributed by atoms with Gasteiger partial charge in [0, 0.05) is 9.95 Å². The second-order valence-electron chi connectivity index (χ2n) is 4.54. The molecule has 7 nitrogen and oxygen atoms in total. The summed E-state index contributed by atoms with van der Waals surface area (Å²) in [5, 5.41) is 11.0. The lowest BCUT2D eigenvalue weighted by Gasteiger charge is -2.14. The standard InChI is InChI=1S/C13H16ClNO6S/c1-2-21-13(16)6-11(7-15(17)18)9-3-4-10(8-22(19)20)12(14)5-9/h3-5,11H,2,6-8H2,1H3,(H,19,20). The molecule has 0 heterocycles. The van der Waals surface area contributed by atoms with Crippen LogP contribution in [0.4, 0.5) is 0 Å². The fraction of sp³-hybridized carbons (Fsp3) is 0.462. The first-order valence-corrected chi connectivity index (χ1v) is 8.12. The summed E-state index contributed by atoms with van der Waals surface area (Å²) in [6.07, 6.45) is -0.129. The fourth-order valence-electron chi connectivity index (χ4n) is 1.96. The van der Waals surface area contributed by atoms with E-state index in [0.29, 0.717) is 11.1 Å². The van der Waals surface area contributed by atoms with E-state index in [9.17, 15) is 19.1 Å². The molecule has 1 N–H and O–H groups in total. The smallest absolute Gasteiger partial charge is 0.306 e. The number of hydrogen-bond donors (Lipinski definition) is 1. The Morgan fingerprint density at radius 1 is 1.55 bits per heavy atom. The molecule has 0 aliphatic rings. The van der Waals surface area contributed by atoms with Gasteiger partial charge in [-0.25, -0.2) is 4.21 Å². The number of carbonyl (C=O) groups excluding carboxylic acids is 1. The Balaban J connectivity index is 2.98. The van der Waals surface area contributed by atoms with Crippen molar-refractivity contribution >= 4 is 28.7 Å². The Morgan fingerprint density at radius 2 is 2.23 bits per heavy atom. The maximum absolute atomic E-state index is 11.6. The number of hydrogen-bond acceptors (Lipinski definition) is 5. The van der Waals surface area contributed by atoms with Crippen molar-refractivity contribution in [3.63, 3.8) is 0 Å². The largest absolute Gasteiger partial charge is 0.466 e. The third-order valence-electron chi connectivity index (χ3n) is 2.92. The van der Waals surface area contributed by atoms with E-state index in [1.165, 1.54) is 12.1 Å². The normalized spacial score (nSPS) is 13.4. The molecule has 9 heteroatoms. The predicted octanol–water partition coefficient (Wildman–Crippen LogP) is 2.38. The lowest BCUT2D eigenvalue weighted by Crippen LogP contribution is -2.18. The average molecular weight is 350 g/mol. The van der Waals surface area contributed by atoms with Gasteiger partial charge in [-0.05, 0) is 24.1 Å². The summed E-state index contributed by atoms with van der Waals surface area (Å²) >= 11 is 3.99. The highest BCUT2D eigenvalue weighted by atomic mass is 35.5. The van der Waals surface area contributed by atoms with E-state index in [1.807, 2.05) is 0 Å². The number of ether oxygens (including phenoxy) is 1. The minimum absolute atomic E-state index is 0.128. The van der Waals surface area contributed by atoms with Gasteiger partial charge in [-0.3, -0.25) is 14.9 Å². The SMILES string of the molecule is CCOC(=O)CC(C[N+](=O)[O-])c1ccc(CS(=O)O)c(Cl)c1. The van der Waals surface area contributed by atoms with Crippen LogP contribution in [0.15, 0.2) is 18.2 Å². The van der Waals surface area contributed by atoms with Crippen LogP contribution >= 0.6 is 11.6 Å². The molecule has 122 valence electrons. The van der Waals surface area contributed by atoms with E-state index in [2.05, 4.69) is 0 Å². The van der Waals surface area contributed by atoms with Gasteiger partial charge in [0.2, 0.25) is 6.54 Å². The minimum Gasteiger partial charge on any atom is -0.466 e. The number of benzene rings is 1. The Hall–Kier alpha value is -1.51. The molecule has 0 amide bonds. The third kappa shape index (κ3) is 6.08. The molecule has 0 aliphatic heterocycles. The number of halogens is 1. The van der Waals surface area contributed by atoms with Crippen molar-refractivity contribution in [2.45, 2.75) is 25.0 Å². The fourth-order valence-corrected chi connectivity index (χ4v) is 2.81. The third-order valence-corrected chi connectivity index (χ3v) is 3.83. The van der Waals surface area contributed by atoms with Gasteiger partial charge in [0.1, 0.15) is 0 Å². The monoisotopic (exact) mass is 349 g/mol. The van der Waals surface area contributed by atoms with Crippen molar-refractivity contribution in [1.82, 2.24) is 0 Å². The van der Waals surface area contributed by atoms with Crippen LogP contribution in [-0.2, 0) is 26.4 Å². The molecule has 1 aromatic carbocycles. The summed E-state index contributed by atoms with van der Waals surface area (Å²) < 4.78 is 24.5. The zero-order chi connectivity index (χ0) is 16.7. The summed E-state index contributed by atoms with van der Waals surface area (Å²) in [4.78, 5) is 21.8. The summed E-state index contributed by atoms with van der Waals surface area (Å²) in [7, 11) is 0. The molecule has 0 aromatic heterocycles. The summed E-state index contributed by atoms with van der Waals surface area (Å²) in [5.74, 6) is -1.32. The van der Waals surface area contributed by atoms with E-state index in [1.54, 1.807) is 13.0 Å². The van der Waals surface area contributed by atoms with Crippen molar-refractivity contribution < 1.29 is 23.2 Å². The van der Waals surface area contributed by atoms with Crippen molar-refractivity contribution in [3.8, 4) is 0 Å². The molecule has 0 spiro atoms. The van der Waals surface area contributed by atoms with Gasteiger partial charge in [-0.1, -0.05) is 23.7 Å². The van der Waals surface area contributed by atoms with E-state index >= 15 is 0 Å². The van der Waals surface area contributed by atoms with Crippen LogP contribution in [0, 0.1) is 10.1 Å². The topological polar surface area (TPSA) is 107 Å². The molecule has 2 atom stereocenters. The van der Waals surface area contributed by atoms with Crippen LogP contribution in [-0.4, -0.2) is 32.8 Å². The molecule has 0 saturated heterocycles. The van der Waals surface area contributed by atoms with Gasteiger partial charge in [-0.2, -0.15) is 0 Å². The van der Waals surface area contributed by atoms with Crippen molar-refractivity contribution in [2.75, 3.05) is 13.2 Å². The van der Waals surface area contributed by atoms with Gasteiger partial charge in [0.15, 0.2) is 11.1 Å². The first-order valence-electron chi connectivity index (χ1n) is 6.46. The number of rotatable bonds is 8. The van der Waals surface area contributed by atoms with Gasteiger partial charge in [-0.15, -0.1) is 0 Å². The molecular formula is C13H16ClNO6S. The first-order chi connectivity index (χ1) is 10.3. The van der Waals surface area contributed by atoms with Crippen LogP contribution in [0.3, 0.4) is 0 Å². The first kappa shape index (κ1) is 18.5. The highest BCUT2D eigenvalue weighted by molar-refractivity contribution is 7.78. The van der Waals surface area contributed by atoms with Gasteiger partial charge in [0.05, 0.1) is 24.7 Å². The second-order valence-corrected chi connectivity index (χ2v) is 5.88. The maximum atomic E-state index is 11.6. The highest BCUT2D eigenvalue weighted by Gasteiger charge is 2.23. The Bertz CT molecular complexity index is 580. The minimum atomic E-state index is -2.03. The molecule has 22 heavy (non-hydrogen) atoms. The van der Waals surface area contributed by atoms with Gasteiger partial charge in [0.25, 0.3) is 0 Å². The molecule has 1 aromatic rings. The zero-order valence-corrected chi connectivity index (χ0v) is 13.4. The van der Waals surface area contributed by atoms with Crippen molar-refractivity contribution in [2.24, 2.45) is 0 Å². The number of esters is 1. The van der Waals surface area contributed by atoms with E-state index in [-0.39, 0.29) is 23.8 Å². The van der Waals surface area contributed by atoms with Gasteiger partial charge >= 0.3 is 5.97 Å². The van der Waals surface area contributed by atoms with E-state index in [0.717, 1.165) is 0 Å². The highest BCUT2D eigenvalue weighted by Crippen LogP contribution is 2.26. The van der Waals surface area contributed by atoms with E-state index < -0.39 is 34.4 Å². The predicted molar refractivity (Wildman–Crippen MR) is 81.8 cm³/mol. The molecule has 0 aliphatic carbocycles. The van der Waals surface area contributed by atoms with E-state index in [4.69, 9.17) is 20.9 Å². The van der Waals surface area contributed by atoms with Crippen LogP contribution in [0.5, 0.6) is 0 Å². The lowest BCUT2D eigenvalue weighted by molar-refractivity contribution is -0.483. The molecule has 1 rings (SSSR count). The molecule has 0 fully saturated rings. The second kappa shape index (κ2) is 8.82. The zero-order valence-electron chi connectivity index (χ0n) is 11.9. The molecule has 2 unspecified atom stereocenters. The van der Waals surface area contributed by atoms with Crippen molar-refractivity contribution in [1.29, 1.82) is 0 Å². The Kier molecular flexibility index (Phi) is 7.43. The summed E-state index contributed by atoms with van der Waals surface area (Å²) in [6.45, 7) is 1.42. The van der Waals surface area contributed by atoms with Crippen LogP contribution < -0.4 is 0 Å². The summed E-state index contributed by atoms with van der Waals surface area (Å²) in [6, 6.07) is 4.59.